The van der Waals surface area contributed by atoms with Crippen molar-refractivity contribution in [3.05, 3.63) is 82.5 Å². The maximum absolute atomic E-state index is 13.3. The van der Waals surface area contributed by atoms with Gasteiger partial charge < -0.3 is 29.9 Å². The Bertz CT molecular complexity index is 1670. The summed E-state index contributed by atoms with van der Waals surface area (Å²) < 4.78 is 12.6. The Morgan fingerprint density at radius 1 is 1.02 bits per heavy atom. The Hall–Kier alpha value is -4.55. The van der Waals surface area contributed by atoms with Crippen LogP contribution in [0.25, 0.3) is 5.95 Å². The molecule has 1 unspecified atom stereocenters. The monoisotopic (exact) mass is 636 g/mol. The number of nitrogens with zero attached hydrogens (tertiary/aromatic N) is 6. The van der Waals surface area contributed by atoms with E-state index in [-0.39, 0.29) is 31.2 Å². The van der Waals surface area contributed by atoms with E-state index in [4.69, 9.17) is 37.7 Å². The molecule has 12 nitrogen and oxygen atoms in total. The van der Waals surface area contributed by atoms with Crippen LogP contribution in [0.5, 0.6) is 11.5 Å². The second-order valence-corrected chi connectivity index (χ2v) is 11.3. The lowest BCUT2D eigenvalue weighted by molar-refractivity contribution is -0.121. The number of hydrogen-bond donors (Lipinski definition) is 2. The number of halogens is 2. The lowest BCUT2D eigenvalue weighted by Gasteiger charge is -2.42. The number of rotatable bonds is 8. The molecule has 1 fully saturated rings. The first-order chi connectivity index (χ1) is 21.3. The lowest BCUT2D eigenvalue weighted by atomic mass is 10.1. The van der Waals surface area contributed by atoms with Gasteiger partial charge in [0.2, 0.25) is 18.6 Å². The van der Waals surface area contributed by atoms with Gasteiger partial charge in [-0.05, 0) is 49.2 Å². The fourth-order valence-corrected chi connectivity index (χ4v) is 5.50. The summed E-state index contributed by atoms with van der Waals surface area (Å²) in [4.78, 5) is 43.7. The molecule has 2 aliphatic heterocycles. The number of imidazole rings is 1. The summed E-state index contributed by atoms with van der Waals surface area (Å²) in [6.07, 6.45) is 5.85. The number of fused-ring (bicyclic) bond motifs is 1. The summed E-state index contributed by atoms with van der Waals surface area (Å²) in [6.45, 7) is 3.73. The predicted molar refractivity (Wildman–Crippen MR) is 166 cm³/mol. The van der Waals surface area contributed by atoms with Crippen molar-refractivity contribution in [2.24, 2.45) is 0 Å². The normalized spacial score (nSPS) is 15.8. The smallest absolute Gasteiger partial charge is 0.321 e. The summed E-state index contributed by atoms with van der Waals surface area (Å²) in [5.41, 5.74) is 2.33. The molecule has 0 bridgehead atoms. The van der Waals surface area contributed by atoms with Gasteiger partial charge in [-0.25, -0.2) is 14.8 Å². The highest BCUT2D eigenvalue weighted by atomic mass is 35.5. The van der Waals surface area contributed by atoms with Crippen LogP contribution in [-0.2, 0) is 11.2 Å². The van der Waals surface area contributed by atoms with Crippen molar-refractivity contribution in [1.82, 2.24) is 29.7 Å². The molecule has 0 saturated carbocycles. The topological polar surface area (TPSA) is 127 Å². The van der Waals surface area contributed by atoms with Crippen LogP contribution in [0.2, 0.25) is 10.0 Å². The summed E-state index contributed by atoms with van der Waals surface area (Å²) in [7, 11) is 0. The van der Waals surface area contributed by atoms with Gasteiger partial charge in [0.1, 0.15) is 12.1 Å². The molecule has 1 saturated heterocycles. The van der Waals surface area contributed by atoms with Crippen molar-refractivity contribution >= 4 is 46.6 Å². The number of urea groups is 1. The first kappa shape index (κ1) is 29.5. The molecule has 228 valence electrons. The summed E-state index contributed by atoms with van der Waals surface area (Å²) in [6, 6.07) is 11.9. The van der Waals surface area contributed by atoms with E-state index in [0.29, 0.717) is 65.8 Å². The molecule has 0 spiro atoms. The van der Waals surface area contributed by atoms with E-state index in [2.05, 4.69) is 25.5 Å². The molecule has 6 rings (SSSR count). The molecule has 0 aliphatic carbocycles. The zero-order valence-corrected chi connectivity index (χ0v) is 25.4. The SMILES string of the molecule is Cc1cc(N2CCN(C(=O)Nc3ccc(Cl)c(Cl)c3)CC2CC(=O)NCCc2ccc3c(c2)OCO3)nc(-n2ccnc2)n1. The maximum Gasteiger partial charge on any atom is 0.321 e. The minimum Gasteiger partial charge on any atom is -0.454 e. The van der Waals surface area contributed by atoms with E-state index in [1.807, 2.05) is 31.2 Å². The minimum absolute atomic E-state index is 0.131. The molecular weight excluding hydrogens is 607 g/mol. The number of benzene rings is 2. The second kappa shape index (κ2) is 13.0. The molecule has 4 heterocycles. The number of aromatic nitrogens is 4. The molecule has 14 heteroatoms. The summed E-state index contributed by atoms with van der Waals surface area (Å²) in [5, 5.41) is 6.66. The van der Waals surface area contributed by atoms with E-state index in [9.17, 15) is 9.59 Å². The van der Waals surface area contributed by atoms with Crippen molar-refractivity contribution in [3.63, 3.8) is 0 Å². The highest BCUT2D eigenvalue weighted by Crippen LogP contribution is 2.32. The largest absolute Gasteiger partial charge is 0.454 e. The van der Waals surface area contributed by atoms with Crippen LogP contribution < -0.4 is 25.0 Å². The van der Waals surface area contributed by atoms with E-state index in [1.165, 1.54) is 0 Å². The lowest BCUT2D eigenvalue weighted by Crippen LogP contribution is -2.57. The zero-order chi connectivity index (χ0) is 30.6. The highest BCUT2D eigenvalue weighted by molar-refractivity contribution is 6.42. The molecule has 2 aliphatic rings. The summed E-state index contributed by atoms with van der Waals surface area (Å²) >= 11 is 12.2. The molecule has 2 aromatic carbocycles. The average Bonchev–Trinajstić information content (AvgIpc) is 3.71. The third kappa shape index (κ3) is 6.81. The molecule has 1 atom stereocenters. The Balaban J connectivity index is 1.16. The van der Waals surface area contributed by atoms with Gasteiger partial charge in [0.15, 0.2) is 11.5 Å². The zero-order valence-electron chi connectivity index (χ0n) is 23.9. The standard InChI is InChI=1S/C30H30Cl2N8O4/c1-19-12-27(37-29(35-19)39-9-8-33-17-39)40-11-10-38(30(42)36-21-3-4-23(31)24(32)14-21)16-22(40)15-28(41)34-7-6-20-2-5-25-26(13-20)44-18-43-25/h2-5,8-9,12-14,17,22H,6-7,10-11,15-16,18H2,1H3,(H,34,41)(H,36,42). The Kier molecular flexibility index (Phi) is 8.71. The van der Waals surface area contributed by atoms with Gasteiger partial charge in [0.25, 0.3) is 0 Å². The number of carbonyl (C=O) groups is 2. The number of piperazine rings is 1. The molecular formula is C30H30Cl2N8O4. The molecule has 2 aromatic heterocycles. The first-order valence-electron chi connectivity index (χ1n) is 14.1. The van der Waals surface area contributed by atoms with Crippen LogP contribution in [-0.4, -0.2) is 75.4 Å². The molecule has 3 amide bonds. The Morgan fingerprint density at radius 2 is 1.89 bits per heavy atom. The number of nitrogens with one attached hydrogen (secondary N) is 2. The molecule has 0 radical (unpaired) electrons. The van der Waals surface area contributed by atoms with Crippen LogP contribution in [0.4, 0.5) is 16.3 Å². The fraction of sp³-hybridized carbons (Fsp3) is 0.300. The van der Waals surface area contributed by atoms with Crippen molar-refractivity contribution in [1.29, 1.82) is 0 Å². The number of ether oxygens (including phenoxy) is 2. The summed E-state index contributed by atoms with van der Waals surface area (Å²) in [5.74, 6) is 2.45. The molecule has 2 N–H and O–H groups in total. The highest BCUT2D eigenvalue weighted by Gasteiger charge is 2.32. The van der Waals surface area contributed by atoms with Gasteiger partial charge in [-0.15, -0.1) is 0 Å². The van der Waals surface area contributed by atoms with Crippen LogP contribution in [0.15, 0.2) is 61.2 Å². The first-order valence-corrected chi connectivity index (χ1v) is 14.8. The van der Waals surface area contributed by atoms with E-state index in [1.54, 1.807) is 46.4 Å². The number of hydrogen-bond acceptors (Lipinski definition) is 8. The van der Waals surface area contributed by atoms with E-state index in [0.717, 1.165) is 17.0 Å². The van der Waals surface area contributed by atoms with Crippen LogP contribution in [0.1, 0.15) is 17.7 Å². The van der Waals surface area contributed by atoms with E-state index < -0.39 is 0 Å². The van der Waals surface area contributed by atoms with Gasteiger partial charge in [0, 0.05) is 62.4 Å². The van der Waals surface area contributed by atoms with Crippen LogP contribution in [0.3, 0.4) is 0 Å². The number of aryl methyl sites for hydroxylation is 1. The van der Waals surface area contributed by atoms with Gasteiger partial charge in [-0.3, -0.25) is 9.36 Å². The van der Waals surface area contributed by atoms with Gasteiger partial charge in [0.05, 0.1) is 16.1 Å². The van der Waals surface area contributed by atoms with E-state index >= 15 is 0 Å². The Morgan fingerprint density at radius 3 is 2.70 bits per heavy atom. The quantitative estimate of drug-likeness (QED) is 0.290. The van der Waals surface area contributed by atoms with Crippen LogP contribution >= 0.6 is 23.2 Å². The van der Waals surface area contributed by atoms with Crippen LogP contribution in [0, 0.1) is 6.92 Å². The van der Waals surface area contributed by atoms with Gasteiger partial charge >= 0.3 is 6.03 Å². The number of amides is 3. The maximum atomic E-state index is 13.3. The van der Waals surface area contributed by atoms with Crippen molar-refractivity contribution < 1.29 is 19.1 Å². The Labute approximate surface area is 263 Å². The fourth-order valence-electron chi connectivity index (χ4n) is 5.20. The molecule has 4 aromatic rings. The van der Waals surface area contributed by atoms with Crippen molar-refractivity contribution in [2.45, 2.75) is 25.8 Å². The minimum atomic E-state index is -0.348. The molecule has 44 heavy (non-hydrogen) atoms. The van der Waals surface area contributed by atoms with Crippen molar-refractivity contribution in [3.8, 4) is 17.4 Å². The average molecular weight is 638 g/mol. The van der Waals surface area contributed by atoms with Crippen molar-refractivity contribution in [2.75, 3.05) is 43.2 Å². The predicted octanol–water partition coefficient (Wildman–Crippen LogP) is 4.48. The second-order valence-electron chi connectivity index (χ2n) is 10.5. The van der Waals surface area contributed by atoms with Gasteiger partial charge in [-0.2, -0.15) is 4.98 Å². The third-order valence-electron chi connectivity index (χ3n) is 7.39. The number of carbonyl (C=O) groups excluding carboxylic acids is 2. The third-order valence-corrected chi connectivity index (χ3v) is 8.13. The number of anilines is 2. The van der Waals surface area contributed by atoms with Gasteiger partial charge in [-0.1, -0.05) is 29.3 Å².